The monoisotopic (exact) mass is 271 g/mol. The highest BCUT2D eigenvalue weighted by molar-refractivity contribution is 8.00. The molecule has 1 aromatic rings. The van der Waals surface area contributed by atoms with Crippen molar-refractivity contribution in [3.8, 4) is 0 Å². The van der Waals surface area contributed by atoms with Gasteiger partial charge >= 0.3 is 0 Å². The normalized spacial score (nSPS) is 14.2. The van der Waals surface area contributed by atoms with Crippen LogP contribution < -0.4 is 11.1 Å². The van der Waals surface area contributed by atoms with Crippen molar-refractivity contribution in [2.75, 3.05) is 5.73 Å². The van der Waals surface area contributed by atoms with E-state index in [4.69, 9.17) is 5.73 Å². The molecule has 0 saturated heterocycles. The van der Waals surface area contributed by atoms with Crippen molar-refractivity contribution < 1.29 is 4.79 Å². The molecule has 1 aromatic heterocycles. The van der Waals surface area contributed by atoms with Gasteiger partial charge in [-0.1, -0.05) is 25.1 Å². The number of nitrogens with one attached hydrogen (secondary N) is 1. The zero-order valence-corrected chi connectivity index (χ0v) is 12.1. The van der Waals surface area contributed by atoms with Crippen LogP contribution in [0.15, 0.2) is 5.16 Å². The average Bonchev–Trinajstić information content (AvgIpc) is 2.61. The Balaban J connectivity index is 2.52. The van der Waals surface area contributed by atoms with Crippen LogP contribution in [0.2, 0.25) is 0 Å². The van der Waals surface area contributed by atoms with E-state index in [1.165, 1.54) is 11.8 Å². The van der Waals surface area contributed by atoms with Crippen LogP contribution in [-0.2, 0) is 11.8 Å². The van der Waals surface area contributed by atoms with Gasteiger partial charge in [-0.2, -0.15) is 0 Å². The molecule has 1 heterocycles. The summed E-state index contributed by atoms with van der Waals surface area (Å²) in [5.74, 6) is 0.368. The number of carbonyl (C=O) groups excluding carboxylic acids is 1. The Morgan fingerprint density at radius 3 is 2.67 bits per heavy atom. The maximum atomic E-state index is 11.9. The fourth-order valence-corrected chi connectivity index (χ4v) is 2.34. The molecule has 6 nitrogen and oxygen atoms in total. The number of rotatable bonds is 6. The number of hydrogen-bond acceptors (Lipinski definition) is 5. The lowest BCUT2D eigenvalue weighted by Gasteiger charge is -2.16. The van der Waals surface area contributed by atoms with E-state index in [1.54, 1.807) is 11.6 Å². The molecule has 0 saturated carbocycles. The third kappa shape index (κ3) is 3.90. The molecule has 18 heavy (non-hydrogen) atoms. The Hall–Kier alpha value is -1.24. The van der Waals surface area contributed by atoms with Crippen molar-refractivity contribution in [1.82, 2.24) is 20.1 Å². The van der Waals surface area contributed by atoms with Gasteiger partial charge in [-0.15, -0.1) is 10.2 Å². The topological polar surface area (TPSA) is 85.8 Å². The molecular weight excluding hydrogens is 250 g/mol. The number of thioether (sulfide) groups is 1. The molecule has 0 radical (unpaired) electrons. The average molecular weight is 271 g/mol. The van der Waals surface area contributed by atoms with Crippen molar-refractivity contribution >= 4 is 23.6 Å². The number of anilines is 1. The van der Waals surface area contributed by atoms with E-state index in [9.17, 15) is 4.79 Å². The number of carbonyl (C=O) groups is 1. The minimum Gasteiger partial charge on any atom is -0.368 e. The van der Waals surface area contributed by atoms with E-state index < -0.39 is 0 Å². The third-order valence-electron chi connectivity index (χ3n) is 2.63. The van der Waals surface area contributed by atoms with Crippen molar-refractivity contribution in [2.24, 2.45) is 7.05 Å². The number of amides is 1. The first-order valence-corrected chi connectivity index (χ1v) is 6.95. The summed E-state index contributed by atoms with van der Waals surface area (Å²) in [6.45, 7) is 5.96. The highest BCUT2D eigenvalue weighted by Gasteiger charge is 2.19. The van der Waals surface area contributed by atoms with Gasteiger partial charge in [0.1, 0.15) is 0 Å². The van der Waals surface area contributed by atoms with Crippen LogP contribution >= 0.6 is 11.8 Å². The van der Waals surface area contributed by atoms with Gasteiger partial charge < -0.3 is 11.1 Å². The first kappa shape index (κ1) is 14.8. The lowest BCUT2D eigenvalue weighted by atomic mass is 10.2. The summed E-state index contributed by atoms with van der Waals surface area (Å²) in [6.07, 6.45) is 2.04. The first-order chi connectivity index (χ1) is 8.45. The second kappa shape index (κ2) is 6.63. The molecule has 2 unspecified atom stereocenters. The zero-order valence-electron chi connectivity index (χ0n) is 11.3. The number of nitrogens with two attached hydrogens (primary N) is 1. The SMILES string of the molecule is CCCC(C)NC(=O)C(C)Sc1nnc(N)n1C. The molecule has 3 N–H and O–H groups in total. The maximum Gasteiger partial charge on any atom is 0.233 e. The van der Waals surface area contributed by atoms with Crippen LogP contribution in [0.1, 0.15) is 33.6 Å². The van der Waals surface area contributed by atoms with E-state index in [2.05, 4.69) is 22.4 Å². The predicted molar refractivity (Wildman–Crippen MR) is 73.2 cm³/mol. The molecular formula is C11H21N5OS. The molecule has 0 aliphatic carbocycles. The summed E-state index contributed by atoms with van der Waals surface area (Å²) in [4.78, 5) is 11.9. The summed E-state index contributed by atoms with van der Waals surface area (Å²) in [5, 5.41) is 11.1. The van der Waals surface area contributed by atoms with E-state index in [-0.39, 0.29) is 17.2 Å². The van der Waals surface area contributed by atoms with Gasteiger partial charge in [0.25, 0.3) is 0 Å². The summed E-state index contributed by atoms with van der Waals surface area (Å²) in [5.41, 5.74) is 5.59. The Kier molecular flexibility index (Phi) is 5.46. The number of nitrogen functional groups attached to an aromatic ring is 1. The Labute approximate surface area is 112 Å². The zero-order chi connectivity index (χ0) is 13.7. The number of nitrogens with zero attached hydrogens (tertiary/aromatic N) is 3. The molecule has 2 atom stereocenters. The summed E-state index contributed by atoms with van der Waals surface area (Å²) in [6, 6.07) is 0.204. The molecule has 1 amide bonds. The minimum atomic E-state index is -0.216. The van der Waals surface area contributed by atoms with Gasteiger partial charge in [0.15, 0.2) is 5.16 Å². The van der Waals surface area contributed by atoms with Gasteiger partial charge in [0.05, 0.1) is 5.25 Å². The minimum absolute atomic E-state index is 0.0162. The molecule has 0 spiro atoms. The summed E-state index contributed by atoms with van der Waals surface area (Å²) < 4.78 is 1.67. The Morgan fingerprint density at radius 1 is 1.50 bits per heavy atom. The fourth-order valence-electron chi connectivity index (χ4n) is 1.51. The number of hydrogen-bond donors (Lipinski definition) is 2. The summed E-state index contributed by atoms with van der Waals surface area (Å²) in [7, 11) is 1.78. The lowest BCUT2D eigenvalue weighted by molar-refractivity contribution is -0.120. The van der Waals surface area contributed by atoms with Gasteiger partial charge in [-0.3, -0.25) is 9.36 Å². The van der Waals surface area contributed by atoms with Crippen LogP contribution in [0.3, 0.4) is 0 Å². The van der Waals surface area contributed by atoms with Gasteiger partial charge in [0.2, 0.25) is 11.9 Å². The van der Waals surface area contributed by atoms with Crippen LogP contribution in [0, 0.1) is 0 Å². The smallest absolute Gasteiger partial charge is 0.233 e. The van der Waals surface area contributed by atoms with Crippen molar-refractivity contribution in [3.05, 3.63) is 0 Å². The highest BCUT2D eigenvalue weighted by atomic mass is 32.2. The maximum absolute atomic E-state index is 11.9. The quantitative estimate of drug-likeness (QED) is 0.759. The first-order valence-electron chi connectivity index (χ1n) is 6.07. The highest BCUT2D eigenvalue weighted by Crippen LogP contribution is 2.22. The van der Waals surface area contributed by atoms with Gasteiger partial charge in [0, 0.05) is 13.1 Å². The molecule has 0 aromatic carbocycles. The Bertz CT molecular complexity index is 406. The van der Waals surface area contributed by atoms with Gasteiger partial charge in [-0.05, 0) is 20.3 Å². The molecule has 102 valence electrons. The molecule has 1 rings (SSSR count). The van der Waals surface area contributed by atoms with Crippen LogP contribution in [0.5, 0.6) is 0 Å². The van der Waals surface area contributed by atoms with Crippen LogP contribution in [0.4, 0.5) is 5.95 Å². The van der Waals surface area contributed by atoms with E-state index >= 15 is 0 Å². The van der Waals surface area contributed by atoms with Crippen LogP contribution in [-0.4, -0.2) is 32.0 Å². The van der Waals surface area contributed by atoms with Crippen molar-refractivity contribution in [2.45, 2.75) is 50.1 Å². The van der Waals surface area contributed by atoms with Crippen molar-refractivity contribution in [1.29, 1.82) is 0 Å². The summed E-state index contributed by atoms with van der Waals surface area (Å²) >= 11 is 1.36. The second-order valence-electron chi connectivity index (χ2n) is 4.36. The fraction of sp³-hybridized carbons (Fsp3) is 0.727. The molecule has 0 aliphatic rings. The van der Waals surface area contributed by atoms with E-state index in [0.29, 0.717) is 11.1 Å². The standard InChI is InChI=1S/C11H21N5OS/c1-5-6-7(2)13-9(17)8(3)18-11-15-14-10(12)16(11)4/h7-8H,5-6H2,1-4H3,(H2,12,14)(H,13,17). The largest absolute Gasteiger partial charge is 0.368 e. The Morgan fingerprint density at radius 2 is 2.17 bits per heavy atom. The van der Waals surface area contributed by atoms with Crippen molar-refractivity contribution in [3.63, 3.8) is 0 Å². The second-order valence-corrected chi connectivity index (χ2v) is 5.67. The molecule has 0 bridgehead atoms. The molecule has 0 aliphatic heterocycles. The van der Waals surface area contributed by atoms with E-state index in [0.717, 1.165) is 12.8 Å². The van der Waals surface area contributed by atoms with E-state index in [1.807, 2.05) is 13.8 Å². The number of aromatic nitrogens is 3. The lowest BCUT2D eigenvalue weighted by Crippen LogP contribution is -2.37. The predicted octanol–water partition coefficient (Wildman–Crippen LogP) is 1.18. The molecule has 0 fully saturated rings. The van der Waals surface area contributed by atoms with Crippen LogP contribution in [0.25, 0.3) is 0 Å². The molecule has 7 heteroatoms. The third-order valence-corrected chi connectivity index (χ3v) is 3.76. The van der Waals surface area contributed by atoms with Gasteiger partial charge in [-0.25, -0.2) is 0 Å².